The molecule has 0 unspecified atom stereocenters. The van der Waals surface area contributed by atoms with Crippen LogP contribution in [-0.2, 0) is 18.3 Å². The molecule has 3 aromatic rings. The number of fused-ring (bicyclic) bond motifs is 1. The minimum atomic E-state index is -0.380. The first-order valence-corrected chi connectivity index (χ1v) is 8.76. The van der Waals surface area contributed by atoms with Crippen LogP contribution in [0.3, 0.4) is 0 Å². The second kappa shape index (κ2) is 7.95. The van der Waals surface area contributed by atoms with Crippen LogP contribution >= 0.6 is 0 Å². The second-order valence-electron chi connectivity index (χ2n) is 6.60. The molecule has 2 heterocycles. The van der Waals surface area contributed by atoms with E-state index in [0.717, 1.165) is 16.7 Å². The Morgan fingerprint density at radius 1 is 1.19 bits per heavy atom. The Bertz CT molecular complexity index is 883. The van der Waals surface area contributed by atoms with E-state index in [0.29, 0.717) is 18.8 Å². The van der Waals surface area contributed by atoms with Crippen molar-refractivity contribution in [2.75, 3.05) is 11.9 Å². The zero-order valence-electron chi connectivity index (χ0n) is 15.3. The minimum Gasteiger partial charge on any atom is -0.358 e. The van der Waals surface area contributed by atoms with Crippen molar-refractivity contribution in [1.82, 2.24) is 24.8 Å². The van der Waals surface area contributed by atoms with Crippen LogP contribution in [0.5, 0.6) is 0 Å². The van der Waals surface area contributed by atoms with Crippen molar-refractivity contribution >= 4 is 22.6 Å². The SMILES string of the molecule is CC(C)[C@@H](Nc1ncnc2ccccc12)C(=O)NCCc1nccn1C. The molecule has 136 valence electrons. The van der Waals surface area contributed by atoms with Gasteiger partial charge in [0.05, 0.1) is 5.52 Å². The van der Waals surface area contributed by atoms with Crippen molar-refractivity contribution in [2.45, 2.75) is 26.3 Å². The van der Waals surface area contributed by atoms with Gasteiger partial charge in [0.1, 0.15) is 24.0 Å². The number of anilines is 1. The third-order valence-corrected chi connectivity index (χ3v) is 4.35. The summed E-state index contributed by atoms with van der Waals surface area (Å²) in [6.45, 7) is 4.57. The zero-order chi connectivity index (χ0) is 18.5. The molecule has 0 saturated carbocycles. The standard InChI is InChI=1S/C19H24N6O/c1-13(2)17(19(26)21-9-8-16-20-10-11-25(16)3)24-18-14-6-4-5-7-15(14)22-12-23-18/h4-7,10-13,17H,8-9H2,1-3H3,(H,21,26)(H,22,23,24)/t17-/m1/s1. The van der Waals surface area contributed by atoms with E-state index in [4.69, 9.17) is 0 Å². The molecule has 1 amide bonds. The first kappa shape index (κ1) is 17.8. The molecular formula is C19H24N6O. The average Bonchev–Trinajstić information content (AvgIpc) is 3.04. The van der Waals surface area contributed by atoms with Crippen LogP contribution in [0.4, 0.5) is 5.82 Å². The molecule has 7 heteroatoms. The zero-order valence-corrected chi connectivity index (χ0v) is 15.3. The number of carbonyl (C=O) groups excluding carboxylic acids is 1. The molecule has 7 nitrogen and oxygen atoms in total. The Morgan fingerprint density at radius 2 is 2.00 bits per heavy atom. The number of imidazole rings is 1. The molecule has 0 radical (unpaired) electrons. The Kier molecular flexibility index (Phi) is 5.46. The van der Waals surface area contributed by atoms with Gasteiger partial charge in [0, 0.05) is 37.8 Å². The monoisotopic (exact) mass is 352 g/mol. The van der Waals surface area contributed by atoms with E-state index in [1.165, 1.54) is 6.33 Å². The van der Waals surface area contributed by atoms with E-state index in [1.807, 2.05) is 55.9 Å². The van der Waals surface area contributed by atoms with Gasteiger partial charge in [0.25, 0.3) is 0 Å². The summed E-state index contributed by atoms with van der Waals surface area (Å²) in [6, 6.07) is 7.38. The van der Waals surface area contributed by atoms with Crippen molar-refractivity contribution in [3.8, 4) is 0 Å². The molecule has 0 aliphatic rings. The van der Waals surface area contributed by atoms with E-state index in [1.54, 1.807) is 6.20 Å². The molecule has 0 bridgehead atoms. The molecule has 2 aromatic heterocycles. The number of nitrogens with one attached hydrogen (secondary N) is 2. The van der Waals surface area contributed by atoms with Crippen molar-refractivity contribution in [1.29, 1.82) is 0 Å². The normalized spacial score (nSPS) is 12.3. The predicted octanol–water partition coefficient (Wildman–Crippen LogP) is 2.16. The number of carbonyl (C=O) groups is 1. The number of rotatable bonds is 7. The van der Waals surface area contributed by atoms with E-state index in [-0.39, 0.29) is 17.9 Å². The fraction of sp³-hybridized carbons (Fsp3) is 0.368. The summed E-state index contributed by atoms with van der Waals surface area (Å²) in [5, 5.41) is 7.20. The van der Waals surface area contributed by atoms with Crippen LogP contribution in [0.15, 0.2) is 43.0 Å². The minimum absolute atomic E-state index is 0.0445. The fourth-order valence-electron chi connectivity index (χ4n) is 2.85. The van der Waals surface area contributed by atoms with Gasteiger partial charge in [-0.3, -0.25) is 4.79 Å². The molecule has 2 N–H and O–H groups in total. The largest absolute Gasteiger partial charge is 0.358 e. The number of nitrogens with zero attached hydrogens (tertiary/aromatic N) is 4. The van der Waals surface area contributed by atoms with Crippen molar-refractivity contribution in [3.63, 3.8) is 0 Å². The Balaban J connectivity index is 1.68. The van der Waals surface area contributed by atoms with E-state index >= 15 is 0 Å². The van der Waals surface area contributed by atoms with Crippen molar-refractivity contribution < 1.29 is 4.79 Å². The summed E-state index contributed by atoms with van der Waals surface area (Å²) >= 11 is 0. The molecule has 0 spiro atoms. The highest BCUT2D eigenvalue weighted by Gasteiger charge is 2.23. The smallest absolute Gasteiger partial charge is 0.242 e. The summed E-state index contributed by atoms with van der Waals surface area (Å²) in [4.78, 5) is 25.6. The van der Waals surface area contributed by atoms with Gasteiger partial charge in [0.15, 0.2) is 0 Å². The highest BCUT2D eigenvalue weighted by atomic mass is 16.2. The summed E-state index contributed by atoms with van der Waals surface area (Å²) in [6.07, 6.45) is 5.86. The highest BCUT2D eigenvalue weighted by molar-refractivity contribution is 5.92. The third-order valence-electron chi connectivity index (χ3n) is 4.35. The lowest BCUT2D eigenvalue weighted by Crippen LogP contribution is -2.44. The topological polar surface area (TPSA) is 84.7 Å². The van der Waals surface area contributed by atoms with Crippen LogP contribution in [0, 0.1) is 5.92 Å². The van der Waals surface area contributed by atoms with Crippen molar-refractivity contribution in [3.05, 3.63) is 48.8 Å². The van der Waals surface area contributed by atoms with Gasteiger partial charge < -0.3 is 15.2 Å². The maximum atomic E-state index is 12.7. The second-order valence-corrected chi connectivity index (χ2v) is 6.60. The van der Waals surface area contributed by atoms with E-state index in [2.05, 4.69) is 25.6 Å². The highest BCUT2D eigenvalue weighted by Crippen LogP contribution is 2.20. The first-order chi connectivity index (χ1) is 12.6. The molecule has 0 fully saturated rings. The molecule has 1 aromatic carbocycles. The number of benzene rings is 1. The molecular weight excluding hydrogens is 328 g/mol. The van der Waals surface area contributed by atoms with Gasteiger partial charge in [-0.2, -0.15) is 0 Å². The van der Waals surface area contributed by atoms with Crippen LogP contribution in [-0.4, -0.2) is 38.0 Å². The lowest BCUT2D eigenvalue weighted by atomic mass is 10.0. The van der Waals surface area contributed by atoms with Crippen LogP contribution in [0.2, 0.25) is 0 Å². The number of hydrogen-bond donors (Lipinski definition) is 2. The fourth-order valence-corrected chi connectivity index (χ4v) is 2.85. The van der Waals surface area contributed by atoms with Crippen LogP contribution < -0.4 is 10.6 Å². The van der Waals surface area contributed by atoms with E-state index in [9.17, 15) is 4.79 Å². The molecule has 26 heavy (non-hydrogen) atoms. The molecule has 1 atom stereocenters. The molecule has 0 saturated heterocycles. The number of hydrogen-bond acceptors (Lipinski definition) is 5. The van der Waals surface area contributed by atoms with Crippen LogP contribution in [0.1, 0.15) is 19.7 Å². The quantitative estimate of drug-likeness (QED) is 0.681. The number of amides is 1. The lowest BCUT2D eigenvalue weighted by molar-refractivity contribution is -0.122. The molecule has 0 aliphatic carbocycles. The number of para-hydroxylation sites is 1. The maximum Gasteiger partial charge on any atom is 0.242 e. The van der Waals surface area contributed by atoms with Gasteiger partial charge in [-0.1, -0.05) is 26.0 Å². The van der Waals surface area contributed by atoms with Gasteiger partial charge >= 0.3 is 0 Å². The summed E-state index contributed by atoms with van der Waals surface area (Å²) in [5.74, 6) is 1.68. The summed E-state index contributed by atoms with van der Waals surface area (Å²) in [7, 11) is 1.95. The Hall–Kier alpha value is -2.96. The number of aryl methyl sites for hydroxylation is 1. The summed E-state index contributed by atoms with van der Waals surface area (Å²) < 4.78 is 1.96. The third kappa shape index (κ3) is 3.99. The summed E-state index contributed by atoms with van der Waals surface area (Å²) in [5.41, 5.74) is 0.850. The molecule has 3 rings (SSSR count). The van der Waals surface area contributed by atoms with Gasteiger partial charge in [-0.05, 0) is 18.1 Å². The first-order valence-electron chi connectivity index (χ1n) is 8.76. The molecule has 0 aliphatic heterocycles. The van der Waals surface area contributed by atoms with Crippen molar-refractivity contribution in [2.24, 2.45) is 13.0 Å². The maximum absolute atomic E-state index is 12.7. The average molecular weight is 352 g/mol. The Morgan fingerprint density at radius 3 is 2.73 bits per heavy atom. The van der Waals surface area contributed by atoms with Crippen LogP contribution in [0.25, 0.3) is 10.9 Å². The van der Waals surface area contributed by atoms with E-state index < -0.39 is 0 Å². The Labute approximate surface area is 152 Å². The lowest BCUT2D eigenvalue weighted by Gasteiger charge is -2.22. The van der Waals surface area contributed by atoms with Gasteiger partial charge in [-0.15, -0.1) is 0 Å². The number of aromatic nitrogens is 4. The predicted molar refractivity (Wildman–Crippen MR) is 102 cm³/mol. The van der Waals surface area contributed by atoms with Gasteiger partial charge in [0.2, 0.25) is 5.91 Å². The van der Waals surface area contributed by atoms with Gasteiger partial charge in [-0.25, -0.2) is 15.0 Å².